The molecule has 3 nitrogen and oxygen atoms in total. The van der Waals surface area contributed by atoms with Crippen LogP contribution in [0.2, 0.25) is 0 Å². The molecule has 0 radical (unpaired) electrons. The highest BCUT2D eigenvalue weighted by molar-refractivity contribution is 5.12. The zero-order chi connectivity index (χ0) is 9.10. The van der Waals surface area contributed by atoms with Crippen LogP contribution in [0.5, 0.6) is 0 Å². The summed E-state index contributed by atoms with van der Waals surface area (Å²) in [6.07, 6.45) is 4.76. The average molecular weight is 179 g/mol. The van der Waals surface area contributed by atoms with Crippen LogP contribution in [-0.4, -0.2) is 22.9 Å². The van der Waals surface area contributed by atoms with Gasteiger partial charge in [0.25, 0.3) is 0 Å². The molecule has 0 bridgehead atoms. The highest BCUT2D eigenvalue weighted by atomic mass is 15.3. The molecule has 1 N–H and O–H groups in total. The molecule has 1 aliphatic carbocycles. The van der Waals surface area contributed by atoms with Crippen molar-refractivity contribution >= 4 is 0 Å². The minimum absolute atomic E-state index is 0.778. The Hall–Kier alpha value is -0.830. The summed E-state index contributed by atoms with van der Waals surface area (Å²) < 4.78 is 2.04. The molecular weight excluding hydrogens is 162 g/mol. The number of hydrogen-bond donors (Lipinski definition) is 1. The van der Waals surface area contributed by atoms with Crippen LogP contribution in [0.15, 0.2) is 12.3 Å². The van der Waals surface area contributed by atoms with Gasteiger partial charge >= 0.3 is 0 Å². The lowest BCUT2D eigenvalue weighted by molar-refractivity contribution is 0.560. The van der Waals surface area contributed by atoms with Crippen molar-refractivity contribution in [3.8, 4) is 0 Å². The van der Waals surface area contributed by atoms with E-state index in [0.717, 1.165) is 25.6 Å². The van der Waals surface area contributed by atoms with Gasteiger partial charge in [0, 0.05) is 18.7 Å². The summed E-state index contributed by atoms with van der Waals surface area (Å²) in [5.41, 5.74) is 1.29. The maximum absolute atomic E-state index is 4.52. The lowest BCUT2D eigenvalue weighted by Crippen LogP contribution is -2.19. The van der Waals surface area contributed by atoms with Gasteiger partial charge in [-0.1, -0.05) is 6.92 Å². The fraction of sp³-hybridized carbons (Fsp3) is 0.700. The van der Waals surface area contributed by atoms with E-state index in [-0.39, 0.29) is 0 Å². The molecule has 13 heavy (non-hydrogen) atoms. The molecule has 0 spiro atoms. The Balaban J connectivity index is 1.82. The minimum Gasteiger partial charge on any atom is -0.315 e. The monoisotopic (exact) mass is 179 g/mol. The first kappa shape index (κ1) is 8.75. The third-order valence-electron chi connectivity index (χ3n) is 2.42. The van der Waals surface area contributed by atoms with Crippen LogP contribution in [-0.2, 0) is 6.54 Å². The lowest BCUT2D eigenvalue weighted by Gasteiger charge is -2.01. The van der Waals surface area contributed by atoms with Crippen molar-refractivity contribution in [3.05, 3.63) is 18.0 Å². The van der Waals surface area contributed by atoms with E-state index in [1.165, 1.54) is 18.5 Å². The predicted molar refractivity (Wildman–Crippen MR) is 52.7 cm³/mol. The van der Waals surface area contributed by atoms with Crippen LogP contribution >= 0.6 is 0 Å². The van der Waals surface area contributed by atoms with E-state index in [1.807, 2.05) is 4.68 Å². The van der Waals surface area contributed by atoms with Crippen LogP contribution < -0.4 is 5.32 Å². The molecule has 0 unspecified atom stereocenters. The topological polar surface area (TPSA) is 29.9 Å². The number of hydrogen-bond acceptors (Lipinski definition) is 2. The van der Waals surface area contributed by atoms with Crippen molar-refractivity contribution in [2.75, 3.05) is 13.1 Å². The highest BCUT2D eigenvalue weighted by Crippen LogP contribution is 2.38. The fourth-order valence-electron chi connectivity index (χ4n) is 1.47. The maximum Gasteiger partial charge on any atom is 0.0655 e. The Morgan fingerprint density at radius 2 is 2.46 bits per heavy atom. The third kappa shape index (κ3) is 2.31. The third-order valence-corrected chi connectivity index (χ3v) is 2.42. The van der Waals surface area contributed by atoms with Gasteiger partial charge in [-0.05, 0) is 25.5 Å². The van der Waals surface area contributed by atoms with E-state index >= 15 is 0 Å². The second-order valence-corrected chi connectivity index (χ2v) is 3.63. The number of aromatic nitrogens is 2. The second-order valence-electron chi connectivity index (χ2n) is 3.63. The van der Waals surface area contributed by atoms with E-state index in [1.54, 1.807) is 0 Å². The van der Waals surface area contributed by atoms with Gasteiger partial charge in [0.05, 0.1) is 12.2 Å². The van der Waals surface area contributed by atoms with Crippen molar-refractivity contribution in [2.45, 2.75) is 32.2 Å². The molecule has 72 valence electrons. The molecule has 0 amide bonds. The largest absolute Gasteiger partial charge is 0.315 e. The van der Waals surface area contributed by atoms with Crippen molar-refractivity contribution < 1.29 is 0 Å². The van der Waals surface area contributed by atoms with E-state index in [9.17, 15) is 0 Å². The van der Waals surface area contributed by atoms with E-state index in [4.69, 9.17) is 0 Å². The van der Waals surface area contributed by atoms with Crippen LogP contribution in [0.1, 0.15) is 31.4 Å². The molecule has 0 aliphatic heterocycles. The second kappa shape index (κ2) is 3.92. The zero-order valence-corrected chi connectivity index (χ0v) is 8.16. The quantitative estimate of drug-likeness (QED) is 0.692. The smallest absolute Gasteiger partial charge is 0.0655 e. The Morgan fingerprint density at radius 3 is 3.15 bits per heavy atom. The molecule has 0 saturated heterocycles. The molecule has 1 aliphatic rings. The molecule has 0 aromatic carbocycles. The molecule has 1 aromatic heterocycles. The van der Waals surface area contributed by atoms with Gasteiger partial charge < -0.3 is 5.32 Å². The Bertz CT molecular complexity index is 263. The summed E-state index contributed by atoms with van der Waals surface area (Å²) in [7, 11) is 0. The molecule has 1 saturated carbocycles. The van der Waals surface area contributed by atoms with Crippen LogP contribution in [0.25, 0.3) is 0 Å². The van der Waals surface area contributed by atoms with Gasteiger partial charge in [-0.15, -0.1) is 0 Å². The molecular formula is C10H17N3. The van der Waals surface area contributed by atoms with Crippen LogP contribution in [0.4, 0.5) is 0 Å². The summed E-state index contributed by atoms with van der Waals surface area (Å²) in [4.78, 5) is 0. The van der Waals surface area contributed by atoms with Crippen molar-refractivity contribution in [1.82, 2.24) is 15.1 Å². The van der Waals surface area contributed by atoms with Crippen molar-refractivity contribution in [1.29, 1.82) is 0 Å². The summed E-state index contributed by atoms with van der Waals surface area (Å²) in [6.45, 7) is 5.16. The van der Waals surface area contributed by atoms with Gasteiger partial charge in [0.15, 0.2) is 0 Å². The number of rotatable bonds is 5. The lowest BCUT2D eigenvalue weighted by atomic mass is 10.3. The highest BCUT2D eigenvalue weighted by Gasteiger charge is 2.25. The fourth-order valence-corrected chi connectivity index (χ4v) is 1.47. The molecule has 2 rings (SSSR count). The summed E-state index contributed by atoms with van der Waals surface area (Å²) >= 11 is 0. The van der Waals surface area contributed by atoms with E-state index in [0.29, 0.717) is 0 Å². The first-order valence-electron chi connectivity index (χ1n) is 5.14. The summed E-state index contributed by atoms with van der Waals surface area (Å²) in [6, 6.07) is 2.16. The first-order chi connectivity index (χ1) is 6.40. The molecule has 3 heteroatoms. The Morgan fingerprint density at radius 1 is 1.62 bits per heavy atom. The molecule has 1 aromatic rings. The van der Waals surface area contributed by atoms with Crippen molar-refractivity contribution in [2.24, 2.45) is 0 Å². The predicted octanol–water partition coefficient (Wildman–Crippen LogP) is 1.37. The van der Waals surface area contributed by atoms with Crippen molar-refractivity contribution in [3.63, 3.8) is 0 Å². The molecule has 1 fully saturated rings. The van der Waals surface area contributed by atoms with E-state index in [2.05, 4.69) is 29.6 Å². The van der Waals surface area contributed by atoms with Gasteiger partial charge in [-0.25, -0.2) is 0 Å². The van der Waals surface area contributed by atoms with Gasteiger partial charge in [-0.2, -0.15) is 5.10 Å². The van der Waals surface area contributed by atoms with Crippen LogP contribution in [0.3, 0.4) is 0 Å². The summed E-state index contributed by atoms with van der Waals surface area (Å²) in [5, 5.41) is 7.81. The summed E-state index contributed by atoms with van der Waals surface area (Å²) in [5.74, 6) is 0.778. The van der Waals surface area contributed by atoms with Crippen LogP contribution in [0, 0.1) is 0 Å². The Labute approximate surface area is 79.1 Å². The standard InChI is InChI=1S/C10H17N3/c1-2-11-6-8-13-7-5-10(12-13)9-3-4-9/h5,7,9,11H,2-4,6,8H2,1H3. The molecule has 1 heterocycles. The SMILES string of the molecule is CCNCCn1ccc(C2CC2)n1. The first-order valence-corrected chi connectivity index (χ1v) is 5.14. The number of nitrogens with one attached hydrogen (secondary N) is 1. The van der Waals surface area contributed by atoms with Gasteiger partial charge in [0.1, 0.15) is 0 Å². The molecule has 0 atom stereocenters. The number of nitrogens with zero attached hydrogens (tertiary/aromatic N) is 2. The average Bonchev–Trinajstić information content (AvgIpc) is 2.88. The minimum atomic E-state index is 0.778. The Kier molecular flexibility index (Phi) is 2.64. The van der Waals surface area contributed by atoms with E-state index < -0.39 is 0 Å². The normalized spacial score (nSPS) is 16.4. The zero-order valence-electron chi connectivity index (χ0n) is 8.16. The van der Waals surface area contributed by atoms with Gasteiger partial charge in [0.2, 0.25) is 0 Å². The van der Waals surface area contributed by atoms with Gasteiger partial charge in [-0.3, -0.25) is 4.68 Å². The number of likely N-dealkylation sites (N-methyl/N-ethyl adjacent to an activating group) is 1. The maximum atomic E-state index is 4.52.